The first-order valence-electron chi connectivity index (χ1n) is 5.45. The Morgan fingerprint density at radius 2 is 1.82 bits per heavy atom. The van der Waals surface area contributed by atoms with E-state index in [0.29, 0.717) is 0 Å². The number of hydrogen-bond donors (Lipinski definition) is 0. The van der Waals surface area contributed by atoms with Crippen LogP contribution in [0.4, 0.5) is 5.82 Å². The lowest BCUT2D eigenvalue weighted by atomic mass is 10.2. The van der Waals surface area contributed by atoms with Crippen molar-refractivity contribution < 1.29 is 0 Å². The Morgan fingerprint density at radius 3 is 2.71 bits per heavy atom. The summed E-state index contributed by atoms with van der Waals surface area (Å²) in [4.78, 5) is 8.72. The normalized spacial score (nSPS) is 11.3. The summed E-state index contributed by atoms with van der Waals surface area (Å²) in [7, 11) is 0. The summed E-state index contributed by atoms with van der Waals surface area (Å²) in [5.41, 5.74) is 1.99. The van der Waals surface area contributed by atoms with E-state index in [1.54, 1.807) is 6.20 Å². The second-order valence-corrected chi connectivity index (χ2v) is 3.71. The first-order chi connectivity index (χ1) is 8.43. The zero-order chi connectivity index (χ0) is 11.5. The van der Waals surface area contributed by atoms with Crippen molar-refractivity contribution in [1.82, 2.24) is 9.38 Å². The molecule has 0 bridgehead atoms. The van der Waals surface area contributed by atoms with Gasteiger partial charge in [-0.25, -0.2) is 9.98 Å². The number of hydrogen-bond acceptors (Lipinski definition) is 2. The summed E-state index contributed by atoms with van der Waals surface area (Å²) in [6.45, 7) is 0. The molecule has 0 amide bonds. The smallest absolute Gasteiger partial charge is 0.156 e. The van der Waals surface area contributed by atoms with Crippen LogP contribution in [0.3, 0.4) is 0 Å². The van der Waals surface area contributed by atoms with Gasteiger partial charge in [0.25, 0.3) is 0 Å². The van der Waals surface area contributed by atoms with Gasteiger partial charge in [0, 0.05) is 12.4 Å². The quantitative estimate of drug-likeness (QED) is 0.611. The molecule has 0 aliphatic rings. The van der Waals surface area contributed by atoms with E-state index < -0.39 is 0 Å². The number of pyridine rings is 1. The summed E-state index contributed by atoms with van der Waals surface area (Å²) in [6.07, 6.45) is 5.57. The van der Waals surface area contributed by atoms with E-state index in [2.05, 4.69) is 9.98 Å². The minimum absolute atomic E-state index is 0.837. The molecule has 82 valence electrons. The van der Waals surface area contributed by atoms with Crippen LogP contribution >= 0.6 is 0 Å². The van der Waals surface area contributed by atoms with Crippen LogP contribution in [0.1, 0.15) is 5.56 Å². The average Bonchev–Trinajstić information content (AvgIpc) is 2.81. The van der Waals surface area contributed by atoms with Crippen molar-refractivity contribution in [1.29, 1.82) is 0 Å². The third-order valence-electron chi connectivity index (χ3n) is 2.54. The first kappa shape index (κ1) is 9.78. The third-order valence-corrected chi connectivity index (χ3v) is 2.54. The van der Waals surface area contributed by atoms with E-state index in [1.807, 2.05) is 65.3 Å². The zero-order valence-corrected chi connectivity index (χ0v) is 9.19. The van der Waals surface area contributed by atoms with Crippen LogP contribution in [0, 0.1) is 0 Å². The maximum absolute atomic E-state index is 4.44. The molecule has 3 nitrogen and oxygen atoms in total. The van der Waals surface area contributed by atoms with Crippen molar-refractivity contribution in [3.63, 3.8) is 0 Å². The maximum Gasteiger partial charge on any atom is 0.156 e. The predicted molar refractivity (Wildman–Crippen MR) is 68.9 cm³/mol. The van der Waals surface area contributed by atoms with Gasteiger partial charge in [-0.1, -0.05) is 36.4 Å². The highest BCUT2D eigenvalue weighted by Gasteiger charge is 1.98. The fraction of sp³-hybridized carbons (Fsp3) is 0. The SMILES string of the molecule is C(=N\c1cnc2ccccn12)/c1ccccc1. The lowest BCUT2D eigenvalue weighted by molar-refractivity contribution is 1.17. The Bertz CT molecular complexity index is 653. The number of nitrogens with zero attached hydrogens (tertiary/aromatic N) is 3. The maximum atomic E-state index is 4.44. The van der Waals surface area contributed by atoms with Crippen molar-refractivity contribution in [3.8, 4) is 0 Å². The standard InChI is InChI=1S/C14H11N3/c1-2-6-12(7-3-1)10-15-14-11-16-13-8-4-5-9-17(13)14/h1-11H/b15-10+. The van der Waals surface area contributed by atoms with Crippen molar-refractivity contribution in [2.75, 3.05) is 0 Å². The van der Waals surface area contributed by atoms with Gasteiger partial charge in [-0.2, -0.15) is 0 Å². The first-order valence-corrected chi connectivity index (χ1v) is 5.45. The number of rotatable bonds is 2. The molecule has 0 N–H and O–H groups in total. The molecule has 0 spiro atoms. The van der Waals surface area contributed by atoms with Gasteiger partial charge in [-0.05, 0) is 17.7 Å². The molecule has 0 radical (unpaired) electrons. The molecule has 0 unspecified atom stereocenters. The van der Waals surface area contributed by atoms with Gasteiger partial charge >= 0.3 is 0 Å². The predicted octanol–water partition coefficient (Wildman–Crippen LogP) is 3.08. The van der Waals surface area contributed by atoms with Crippen LogP contribution in [-0.4, -0.2) is 15.6 Å². The lowest BCUT2D eigenvalue weighted by Gasteiger charge is -1.95. The Kier molecular flexibility index (Phi) is 2.43. The van der Waals surface area contributed by atoms with Crippen molar-refractivity contribution in [3.05, 3.63) is 66.5 Å². The van der Waals surface area contributed by atoms with Crippen LogP contribution in [0.15, 0.2) is 65.9 Å². The number of aromatic nitrogens is 2. The zero-order valence-electron chi connectivity index (χ0n) is 9.19. The van der Waals surface area contributed by atoms with Crippen molar-refractivity contribution >= 4 is 17.7 Å². The van der Waals surface area contributed by atoms with Crippen LogP contribution in [-0.2, 0) is 0 Å². The van der Waals surface area contributed by atoms with Crippen LogP contribution in [0.5, 0.6) is 0 Å². The highest BCUT2D eigenvalue weighted by atomic mass is 15.1. The molecule has 0 saturated heterocycles. The molecule has 1 aromatic carbocycles. The topological polar surface area (TPSA) is 29.7 Å². The van der Waals surface area contributed by atoms with Gasteiger partial charge in [-0.15, -0.1) is 0 Å². The molecule has 0 saturated carbocycles. The van der Waals surface area contributed by atoms with E-state index in [-0.39, 0.29) is 0 Å². The molecule has 2 heterocycles. The fourth-order valence-electron chi connectivity index (χ4n) is 1.69. The summed E-state index contributed by atoms with van der Waals surface area (Å²) in [5.74, 6) is 0.837. The summed E-state index contributed by atoms with van der Waals surface area (Å²) < 4.78 is 1.96. The van der Waals surface area contributed by atoms with Gasteiger partial charge < -0.3 is 0 Å². The van der Waals surface area contributed by atoms with Crippen molar-refractivity contribution in [2.45, 2.75) is 0 Å². The van der Waals surface area contributed by atoms with E-state index in [1.165, 1.54) is 0 Å². The number of aliphatic imine (C=N–C) groups is 1. The second kappa shape index (κ2) is 4.22. The molecular formula is C14H11N3. The summed E-state index contributed by atoms with van der Waals surface area (Å²) in [5, 5.41) is 0. The van der Waals surface area contributed by atoms with E-state index in [4.69, 9.17) is 0 Å². The van der Waals surface area contributed by atoms with E-state index >= 15 is 0 Å². The lowest BCUT2D eigenvalue weighted by Crippen LogP contribution is -1.83. The molecular weight excluding hydrogens is 210 g/mol. The number of imidazole rings is 1. The van der Waals surface area contributed by atoms with Crippen LogP contribution in [0.2, 0.25) is 0 Å². The molecule has 0 fully saturated rings. The Labute approximate surface area is 99.1 Å². The largest absolute Gasteiger partial charge is 0.285 e. The van der Waals surface area contributed by atoms with E-state index in [9.17, 15) is 0 Å². The molecule has 2 aromatic heterocycles. The molecule has 3 rings (SSSR count). The molecule has 3 heteroatoms. The Balaban J connectivity index is 1.98. The fourth-order valence-corrected chi connectivity index (χ4v) is 1.69. The molecule has 0 aliphatic heterocycles. The highest BCUT2D eigenvalue weighted by molar-refractivity contribution is 5.81. The summed E-state index contributed by atoms with van der Waals surface area (Å²) in [6, 6.07) is 15.9. The van der Waals surface area contributed by atoms with E-state index in [0.717, 1.165) is 17.0 Å². The number of fused-ring (bicyclic) bond motifs is 1. The van der Waals surface area contributed by atoms with Gasteiger partial charge in [0.2, 0.25) is 0 Å². The van der Waals surface area contributed by atoms with Gasteiger partial charge in [0.05, 0.1) is 6.20 Å². The Morgan fingerprint density at radius 1 is 1.00 bits per heavy atom. The van der Waals surface area contributed by atoms with Gasteiger partial charge in [-0.3, -0.25) is 4.40 Å². The second-order valence-electron chi connectivity index (χ2n) is 3.71. The minimum atomic E-state index is 0.837. The summed E-state index contributed by atoms with van der Waals surface area (Å²) >= 11 is 0. The number of benzene rings is 1. The molecule has 17 heavy (non-hydrogen) atoms. The minimum Gasteiger partial charge on any atom is -0.285 e. The average molecular weight is 221 g/mol. The molecule has 0 atom stereocenters. The highest BCUT2D eigenvalue weighted by Crippen LogP contribution is 2.14. The third kappa shape index (κ3) is 1.95. The van der Waals surface area contributed by atoms with Crippen LogP contribution in [0.25, 0.3) is 5.65 Å². The molecule has 3 aromatic rings. The van der Waals surface area contributed by atoms with Gasteiger partial charge in [0.1, 0.15) is 5.65 Å². The van der Waals surface area contributed by atoms with Crippen LogP contribution < -0.4 is 0 Å². The van der Waals surface area contributed by atoms with Crippen molar-refractivity contribution in [2.24, 2.45) is 4.99 Å². The molecule has 0 aliphatic carbocycles. The Hall–Kier alpha value is -2.42. The van der Waals surface area contributed by atoms with Gasteiger partial charge in [0.15, 0.2) is 5.82 Å². The monoisotopic (exact) mass is 221 g/mol.